The van der Waals surface area contributed by atoms with Gasteiger partial charge in [0.2, 0.25) is 5.91 Å². The number of nitrogens with one attached hydrogen (secondary N) is 3. The Morgan fingerprint density at radius 3 is 2.64 bits per heavy atom. The maximum atomic E-state index is 11.6. The third-order valence-electron chi connectivity index (χ3n) is 2.88. The molecule has 1 fully saturated rings. The van der Waals surface area contributed by atoms with Gasteiger partial charge in [-0.15, -0.1) is 24.0 Å². The van der Waals surface area contributed by atoms with E-state index in [0.717, 1.165) is 45.6 Å². The summed E-state index contributed by atoms with van der Waals surface area (Å²) < 4.78 is 5.52. The largest absolute Gasteiger partial charge is 0.381 e. The fourth-order valence-electron chi connectivity index (χ4n) is 1.69. The molecule has 1 amide bonds. The summed E-state index contributed by atoms with van der Waals surface area (Å²) >= 11 is 0. The number of hydrogen-bond donors (Lipinski definition) is 3. The highest BCUT2D eigenvalue weighted by Crippen LogP contribution is 2.18. The van der Waals surface area contributed by atoms with E-state index in [1.54, 1.807) is 0 Å². The Kier molecular flexibility index (Phi) is 12.6. The van der Waals surface area contributed by atoms with Gasteiger partial charge < -0.3 is 20.7 Å². The van der Waals surface area contributed by atoms with E-state index in [4.69, 9.17) is 4.74 Å². The number of amides is 1. The number of ether oxygens (including phenoxy) is 1. The summed E-state index contributed by atoms with van der Waals surface area (Å²) in [5.41, 5.74) is 0. The molecule has 6 nitrogen and oxygen atoms in total. The molecule has 0 aliphatic heterocycles. The van der Waals surface area contributed by atoms with Crippen LogP contribution >= 0.6 is 24.0 Å². The molecular weight excluding hydrogens is 395 g/mol. The molecule has 0 aromatic heterocycles. The van der Waals surface area contributed by atoms with E-state index in [2.05, 4.69) is 34.8 Å². The van der Waals surface area contributed by atoms with Gasteiger partial charge >= 0.3 is 0 Å². The lowest BCUT2D eigenvalue weighted by Gasteiger charge is -2.12. The van der Waals surface area contributed by atoms with E-state index >= 15 is 0 Å². The van der Waals surface area contributed by atoms with Crippen LogP contribution in [0.2, 0.25) is 0 Å². The zero-order chi connectivity index (χ0) is 15.5. The van der Waals surface area contributed by atoms with Crippen molar-refractivity contribution in [3.8, 4) is 0 Å². The molecule has 1 aliphatic carbocycles. The van der Waals surface area contributed by atoms with Gasteiger partial charge in [0.1, 0.15) is 6.54 Å². The lowest BCUT2D eigenvalue weighted by atomic mass is 10.2. The molecule has 0 radical (unpaired) electrons. The molecular formula is C15H31IN4O2. The molecule has 3 N–H and O–H groups in total. The van der Waals surface area contributed by atoms with Crippen LogP contribution in [-0.4, -0.2) is 50.8 Å². The highest BCUT2D eigenvalue weighted by atomic mass is 127. The van der Waals surface area contributed by atoms with Crippen LogP contribution in [0.25, 0.3) is 0 Å². The summed E-state index contributed by atoms with van der Waals surface area (Å²) in [5, 5.41) is 9.27. The summed E-state index contributed by atoms with van der Waals surface area (Å²) in [6, 6.07) is 0.390. The molecule has 0 saturated heterocycles. The van der Waals surface area contributed by atoms with Crippen molar-refractivity contribution in [2.45, 2.75) is 46.1 Å². The first-order valence-electron chi connectivity index (χ1n) is 8.01. The Bertz CT molecular complexity index is 334. The molecule has 1 saturated carbocycles. The van der Waals surface area contributed by atoms with Crippen molar-refractivity contribution >= 4 is 35.8 Å². The highest BCUT2D eigenvalue weighted by Gasteiger charge is 2.22. The Morgan fingerprint density at radius 1 is 1.32 bits per heavy atom. The van der Waals surface area contributed by atoms with E-state index in [0.29, 0.717) is 17.9 Å². The van der Waals surface area contributed by atoms with E-state index in [1.165, 1.54) is 0 Å². The van der Waals surface area contributed by atoms with Crippen molar-refractivity contribution in [2.24, 2.45) is 10.9 Å². The number of aliphatic imine (C=N–C) groups is 1. The molecule has 0 heterocycles. The van der Waals surface area contributed by atoms with Crippen molar-refractivity contribution in [3.05, 3.63) is 0 Å². The first-order chi connectivity index (χ1) is 10.1. The van der Waals surface area contributed by atoms with Gasteiger partial charge in [-0.3, -0.25) is 4.79 Å². The molecule has 1 aliphatic rings. The summed E-state index contributed by atoms with van der Waals surface area (Å²) in [5.74, 6) is 1.25. The van der Waals surface area contributed by atoms with Gasteiger partial charge in [0.15, 0.2) is 5.96 Å². The Balaban J connectivity index is 0.00000441. The quantitative estimate of drug-likeness (QED) is 0.214. The molecule has 0 aromatic carbocycles. The van der Waals surface area contributed by atoms with Crippen molar-refractivity contribution in [1.29, 1.82) is 0 Å². The lowest BCUT2D eigenvalue weighted by Crippen LogP contribution is -2.39. The average Bonchev–Trinajstić information content (AvgIpc) is 3.23. The second kappa shape index (κ2) is 12.9. The van der Waals surface area contributed by atoms with Crippen molar-refractivity contribution < 1.29 is 9.53 Å². The van der Waals surface area contributed by atoms with Crippen molar-refractivity contribution in [1.82, 2.24) is 16.0 Å². The molecule has 1 rings (SSSR count). The van der Waals surface area contributed by atoms with E-state index in [-0.39, 0.29) is 36.4 Å². The maximum absolute atomic E-state index is 11.6. The van der Waals surface area contributed by atoms with Gasteiger partial charge in [-0.05, 0) is 32.1 Å². The van der Waals surface area contributed by atoms with Gasteiger partial charge in [0.25, 0.3) is 0 Å². The van der Waals surface area contributed by atoms with Crippen LogP contribution in [0.5, 0.6) is 0 Å². The van der Waals surface area contributed by atoms with Crippen LogP contribution < -0.4 is 16.0 Å². The number of carbonyl (C=O) groups excluding carboxylic acids is 1. The van der Waals surface area contributed by atoms with Gasteiger partial charge in [-0.1, -0.05) is 13.8 Å². The Labute approximate surface area is 151 Å². The van der Waals surface area contributed by atoms with Gasteiger partial charge in [-0.25, -0.2) is 4.99 Å². The predicted molar refractivity (Wildman–Crippen MR) is 101 cm³/mol. The standard InChI is InChI=1S/C15H30N4O2.HI/c1-4-16-15(17-8-5-9-21-11-12(2)3)18-10-14(20)19-13-6-7-13;/h12-13H,4-11H2,1-3H3,(H,19,20)(H2,16,17,18);1H. The maximum Gasteiger partial charge on any atom is 0.242 e. The number of hydrogen-bond acceptors (Lipinski definition) is 3. The predicted octanol–water partition coefficient (Wildman–Crippen LogP) is 1.50. The smallest absolute Gasteiger partial charge is 0.242 e. The summed E-state index contributed by atoms with van der Waals surface area (Å²) in [4.78, 5) is 15.9. The SMILES string of the molecule is CCNC(=NCC(=O)NC1CC1)NCCCOCC(C)C.I. The number of carbonyl (C=O) groups is 1. The first-order valence-corrected chi connectivity index (χ1v) is 8.01. The molecule has 0 spiro atoms. The van der Waals surface area contributed by atoms with Gasteiger partial charge in [0, 0.05) is 32.3 Å². The lowest BCUT2D eigenvalue weighted by molar-refractivity contribution is -0.119. The number of halogens is 1. The zero-order valence-electron chi connectivity index (χ0n) is 14.0. The molecule has 0 atom stereocenters. The van der Waals surface area contributed by atoms with Gasteiger partial charge in [-0.2, -0.15) is 0 Å². The fourth-order valence-corrected chi connectivity index (χ4v) is 1.69. The molecule has 130 valence electrons. The minimum absolute atomic E-state index is 0. The van der Waals surface area contributed by atoms with Crippen molar-refractivity contribution in [2.75, 3.05) is 32.8 Å². The summed E-state index contributed by atoms with van der Waals surface area (Å²) in [6.45, 7) is 9.57. The monoisotopic (exact) mass is 426 g/mol. The topological polar surface area (TPSA) is 74.8 Å². The third kappa shape index (κ3) is 12.0. The molecule has 22 heavy (non-hydrogen) atoms. The number of rotatable bonds is 10. The third-order valence-corrected chi connectivity index (χ3v) is 2.88. The van der Waals surface area contributed by atoms with Crippen LogP contribution in [0.1, 0.15) is 40.0 Å². The van der Waals surface area contributed by atoms with E-state index < -0.39 is 0 Å². The van der Waals surface area contributed by atoms with E-state index in [9.17, 15) is 4.79 Å². The van der Waals surface area contributed by atoms with Crippen LogP contribution in [0.15, 0.2) is 4.99 Å². The van der Waals surface area contributed by atoms with Crippen molar-refractivity contribution in [3.63, 3.8) is 0 Å². The number of guanidine groups is 1. The second-order valence-electron chi connectivity index (χ2n) is 5.79. The molecule has 0 aromatic rings. The highest BCUT2D eigenvalue weighted by molar-refractivity contribution is 14.0. The fraction of sp³-hybridized carbons (Fsp3) is 0.867. The minimum atomic E-state index is -0.00466. The summed E-state index contributed by atoms with van der Waals surface area (Å²) in [7, 11) is 0. The van der Waals surface area contributed by atoms with Crippen LogP contribution in [0.4, 0.5) is 0 Å². The zero-order valence-corrected chi connectivity index (χ0v) is 16.3. The molecule has 0 bridgehead atoms. The van der Waals surface area contributed by atoms with Crippen LogP contribution in [0, 0.1) is 5.92 Å². The van der Waals surface area contributed by atoms with Crippen LogP contribution in [-0.2, 0) is 9.53 Å². The second-order valence-corrected chi connectivity index (χ2v) is 5.79. The minimum Gasteiger partial charge on any atom is -0.381 e. The Hall–Kier alpha value is -0.570. The normalized spacial score (nSPS) is 14.5. The number of nitrogens with zero attached hydrogens (tertiary/aromatic N) is 1. The molecule has 7 heteroatoms. The molecule has 0 unspecified atom stereocenters. The first kappa shape index (κ1) is 21.4. The van der Waals surface area contributed by atoms with Gasteiger partial charge in [0.05, 0.1) is 0 Å². The average molecular weight is 426 g/mol. The van der Waals surface area contributed by atoms with Crippen LogP contribution in [0.3, 0.4) is 0 Å². The summed E-state index contributed by atoms with van der Waals surface area (Å²) in [6.07, 6.45) is 3.12. The van der Waals surface area contributed by atoms with E-state index in [1.807, 2.05) is 6.92 Å². The Morgan fingerprint density at radius 2 is 2.05 bits per heavy atom.